The molecular formula is C17H31N9O7. The van der Waals surface area contributed by atoms with Crippen molar-refractivity contribution >= 4 is 41.5 Å². The van der Waals surface area contributed by atoms with Gasteiger partial charge in [-0.3, -0.25) is 33.8 Å². The summed E-state index contributed by atoms with van der Waals surface area (Å²) in [6.07, 6.45) is -0.721. The first kappa shape index (κ1) is 29.0. The van der Waals surface area contributed by atoms with Gasteiger partial charge in [-0.15, -0.1) is 0 Å². The summed E-state index contributed by atoms with van der Waals surface area (Å²) in [6, 6.07) is -3.87. The number of carboxylic acids is 1. The van der Waals surface area contributed by atoms with Crippen molar-refractivity contribution in [3.63, 3.8) is 0 Å². The van der Waals surface area contributed by atoms with Gasteiger partial charge in [-0.1, -0.05) is 0 Å². The van der Waals surface area contributed by atoms with Gasteiger partial charge in [-0.25, -0.2) is 0 Å². The minimum Gasteiger partial charge on any atom is -0.480 e. The zero-order valence-corrected chi connectivity index (χ0v) is 17.9. The average Bonchev–Trinajstić information content (AvgIpc) is 2.70. The van der Waals surface area contributed by atoms with Gasteiger partial charge in [0.05, 0.1) is 12.5 Å². The highest BCUT2D eigenvalue weighted by Gasteiger charge is 2.28. The first-order chi connectivity index (χ1) is 15.3. The summed E-state index contributed by atoms with van der Waals surface area (Å²) in [4.78, 5) is 73.8. The van der Waals surface area contributed by atoms with Crippen molar-refractivity contribution in [3.8, 4) is 0 Å². The fraction of sp³-hybridized carbons (Fsp3) is 0.588. The van der Waals surface area contributed by atoms with Crippen LogP contribution in [0.1, 0.15) is 32.1 Å². The Morgan fingerprint density at radius 3 is 1.91 bits per heavy atom. The number of aliphatic carboxylic acids is 1. The molecule has 16 nitrogen and oxygen atoms in total. The van der Waals surface area contributed by atoms with E-state index in [0.29, 0.717) is 0 Å². The van der Waals surface area contributed by atoms with Crippen LogP contribution in [0.2, 0.25) is 0 Å². The zero-order valence-electron chi connectivity index (χ0n) is 17.9. The van der Waals surface area contributed by atoms with Gasteiger partial charge in [0.2, 0.25) is 29.5 Å². The van der Waals surface area contributed by atoms with Crippen LogP contribution in [0, 0.1) is 0 Å². The zero-order chi connectivity index (χ0) is 25.6. The van der Waals surface area contributed by atoms with Crippen LogP contribution in [-0.4, -0.2) is 77.8 Å². The summed E-state index contributed by atoms with van der Waals surface area (Å²) in [5.41, 5.74) is 26.2. The number of nitrogens with zero attached hydrogens (tertiary/aromatic N) is 1. The lowest BCUT2D eigenvalue weighted by molar-refractivity contribution is -0.138. The van der Waals surface area contributed by atoms with Crippen molar-refractivity contribution in [1.82, 2.24) is 16.0 Å². The van der Waals surface area contributed by atoms with Gasteiger partial charge >= 0.3 is 5.97 Å². The molecule has 0 aromatic carbocycles. The number of hydrogen-bond donors (Lipinski definition) is 9. The van der Waals surface area contributed by atoms with Crippen molar-refractivity contribution in [3.05, 3.63) is 0 Å². The van der Waals surface area contributed by atoms with Crippen LogP contribution in [0.15, 0.2) is 4.99 Å². The van der Waals surface area contributed by atoms with E-state index in [4.69, 9.17) is 33.8 Å². The maximum atomic E-state index is 12.8. The molecule has 0 saturated carbocycles. The smallest absolute Gasteiger partial charge is 0.322 e. The number of rotatable bonds is 16. The molecule has 0 aliphatic rings. The van der Waals surface area contributed by atoms with Gasteiger partial charge in [-0.05, 0) is 19.3 Å². The predicted molar refractivity (Wildman–Crippen MR) is 115 cm³/mol. The van der Waals surface area contributed by atoms with E-state index in [9.17, 15) is 28.8 Å². The minimum atomic E-state index is -1.32. The highest BCUT2D eigenvalue weighted by molar-refractivity contribution is 5.94. The Hall–Kier alpha value is -3.95. The molecule has 0 bridgehead atoms. The van der Waals surface area contributed by atoms with Gasteiger partial charge in [0, 0.05) is 13.0 Å². The number of carbonyl (C=O) groups is 6. The highest BCUT2D eigenvalue weighted by Crippen LogP contribution is 2.04. The second kappa shape index (κ2) is 15.0. The Bertz CT molecular complexity index is 768. The SMILES string of the molecule is NC(=O)CCC(NC(=O)C(CCCN=C(N)N)NC(=O)C(N)CC(N)=O)C(=O)NCC(=O)O. The summed E-state index contributed by atoms with van der Waals surface area (Å²) < 4.78 is 0. The van der Waals surface area contributed by atoms with Crippen molar-refractivity contribution in [2.75, 3.05) is 13.1 Å². The molecule has 186 valence electrons. The predicted octanol–water partition coefficient (Wildman–Crippen LogP) is -5.32. The molecule has 0 aliphatic carbocycles. The number of carbonyl (C=O) groups excluding carboxylic acids is 5. The normalized spacial score (nSPS) is 13.0. The summed E-state index contributed by atoms with van der Waals surface area (Å²) in [5, 5.41) is 15.5. The molecule has 3 atom stereocenters. The molecule has 0 heterocycles. The van der Waals surface area contributed by atoms with E-state index in [1.165, 1.54) is 0 Å². The van der Waals surface area contributed by atoms with Crippen LogP contribution < -0.4 is 44.6 Å². The standard InChI is InChI=1S/C17H31N9O7/c18-8(6-12(20)28)14(31)25-9(2-1-5-23-17(21)22)16(33)26-10(3-4-11(19)27)15(32)24-7-13(29)30/h8-10H,1-7,18H2,(H2,19,27)(H2,20,28)(H,24,32)(H,25,31)(H,26,33)(H,29,30)(H4,21,22,23). The first-order valence-electron chi connectivity index (χ1n) is 9.81. The molecule has 0 spiro atoms. The van der Waals surface area contributed by atoms with Gasteiger partial charge in [-0.2, -0.15) is 0 Å². The van der Waals surface area contributed by atoms with Crippen LogP contribution in [0.25, 0.3) is 0 Å². The lowest BCUT2D eigenvalue weighted by Gasteiger charge is -2.23. The second-order valence-electron chi connectivity index (χ2n) is 6.96. The van der Waals surface area contributed by atoms with Crippen LogP contribution in [0.3, 0.4) is 0 Å². The second-order valence-corrected chi connectivity index (χ2v) is 6.96. The largest absolute Gasteiger partial charge is 0.480 e. The Kier molecular flexibility index (Phi) is 13.2. The topological polar surface area (TPSA) is 301 Å². The molecule has 33 heavy (non-hydrogen) atoms. The van der Waals surface area contributed by atoms with Crippen LogP contribution in [0.4, 0.5) is 0 Å². The van der Waals surface area contributed by atoms with E-state index in [1.807, 2.05) is 0 Å². The Labute approximate surface area is 189 Å². The third kappa shape index (κ3) is 13.9. The molecule has 16 heteroatoms. The summed E-state index contributed by atoms with van der Waals surface area (Å²) in [5.74, 6) is -5.63. The summed E-state index contributed by atoms with van der Waals surface area (Å²) >= 11 is 0. The Morgan fingerprint density at radius 1 is 0.818 bits per heavy atom. The Balaban J connectivity index is 5.43. The number of amides is 5. The van der Waals surface area contributed by atoms with E-state index in [1.54, 1.807) is 0 Å². The van der Waals surface area contributed by atoms with E-state index in [0.717, 1.165) is 0 Å². The van der Waals surface area contributed by atoms with Gasteiger partial charge in [0.15, 0.2) is 5.96 Å². The van der Waals surface area contributed by atoms with Crippen molar-refractivity contribution in [1.29, 1.82) is 0 Å². The number of primary amides is 2. The molecule has 0 radical (unpaired) electrons. The van der Waals surface area contributed by atoms with Crippen LogP contribution in [0.5, 0.6) is 0 Å². The molecule has 0 aromatic rings. The fourth-order valence-electron chi connectivity index (χ4n) is 2.47. The third-order valence-electron chi connectivity index (χ3n) is 4.06. The number of carboxylic acid groups (broad SMARTS) is 1. The minimum absolute atomic E-state index is 0.0108. The van der Waals surface area contributed by atoms with E-state index < -0.39 is 66.6 Å². The van der Waals surface area contributed by atoms with Crippen LogP contribution >= 0.6 is 0 Å². The van der Waals surface area contributed by atoms with Gasteiger partial charge in [0.1, 0.15) is 18.6 Å². The molecule has 0 fully saturated rings. The Morgan fingerprint density at radius 2 is 1.39 bits per heavy atom. The maximum absolute atomic E-state index is 12.8. The summed E-state index contributed by atoms with van der Waals surface area (Å²) in [7, 11) is 0. The molecular weight excluding hydrogens is 442 g/mol. The van der Waals surface area contributed by atoms with Crippen molar-refractivity contribution in [2.45, 2.75) is 50.2 Å². The first-order valence-corrected chi connectivity index (χ1v) is 9.81. The maximum Gasteiger partial charge on any atom is 0.322 e. The molecule has 0 saturated heterocycles. The molecule has 3 unspecified atom stereocenters. The van der Waals surface area contributed by atoms with Gasteiger partial charge < -0.3 is 49.7 Å². The molecule has 5 amide bonds. The molecule has 0 aromatic heterocycles. The lowest BCUT2D eigenvalue weighted by Crippen LogP contribution is -2.56. The fourth-order valence-corrected chi connectivity index (χ4v) is 2.47. The molecule has 0 rings (SSSR count). The third-order valence-corrected chi connectivity index (χ3v) is 4.06. The van der Waals surface area contributed by atoms with Gasteiger partial charge in [0.25, 0.3) is 0 Å². The number of aliphatic imine (C=N–C) groups is 1. The number of nitrogens with two attached hydrogens (primary N) is 5. The highest BCUT2D eigenvalue weighted by atomic mass is 16.4. The van der Waals surface area contributed by atoms with Crippen LogP contribution in [-0.2, 0) is 28.8 Å². The number of hydrogen-bond acceptors (Lipinski definition) is 8. The molecule has 0 aliphatic heterocycles. The average molecular weight is 473 g/mol. The number of guanidine groups is 1. The monoisotopic (exact) mass is 473 g/mol. The van der Waals surface area contributed by atoms with E-state index >= 15 is 0 Å². The number of nitrogens with one attached hydrogen (secondary N) is 3. The van der Waals surface area contributed by atoms with E-state index in [2.05, 4.69) is 20.9 Å². The van der Waals surface area contributed by atoms with Crippen molar-refractivity contribution in [2.24, 2.45) is 33.7 Å². The quantitative estimate of drug-likeness (QED) is 0.0582. The lowest BCUT2D eigenvalue weighted by atomic mass is 10.1. The van der Waals surface area contributed by atoms with E-state index in [-0.39, 0.29) is 38.2 Å². The molecule has 14 N–H and O–H groups in total. The van der Waals surface area contributed by atoms with Crippen molar-refractivity contribution < 1.29 is 33.9 Å². The summed E-state index contributed by atoms with van der Waals surface area (Å²) in [6.45, 7) is -0.595.